The quantitative estimate of drug-likeness (QED) is 0.730. The molecule has 3 rings (SSSR count). The predicted octanol–water partition coefficient (Wildman–Crippen LogP) is 3.49. The van der Waals surface area contributed by atoms with Gasteiger partial charge in [-0.2, -0.15) is 0 Å². The van der Waals surface area contributed by atoms with E-state index in [1.54, 1.807) is 6.26 Å². The van der Waals surface area contributed by atoms with Crippen molar-refractivity contribution in [3.8, 4) is 11.5 Å². The molecule has 1 N–H and O–H groups in total. The highest BCUT2D eigenvalue weighted by atomic mass is 16.4. The lowest BCUT2D eigenvalue weighted by atomic mass is 10.1. The van der Waals surface area contributed by atoms with Gasteiger partial charge in [0.15, 0.2) is 11.5 Å². The van der Waals surface area contributed by atoms with Gasteiger partial charge in [0, 0.05) is 10.9 Å². The zero-order chi connectivity index (χ0) is 11.8. The van der Waals surface area contributed by atoms with E-state index in [4.69, 9.17) is 8.83 Å². The number of hydrogen-bond acceptors (Lipinski definition) is 3. The molecule has 2 aromatic heterocycles. The van der Waals surface area contributed by atoms with E-state index in [0.29, 0.717) is 11.5 Å². The number of para-hydroxylation sites is 1. The molecule has 0 saturated heterocycles. The highest BCUT2D eigenvalue weighted by Crippen LogP contribution is 2.35. The molecule has 0 spiro atoms. The molecule has 3 heteroatoms. The number of rotatable bonds is 2. The van der Waals surface area contributed by atoms with Crippen molar-refractivity contribution >= 4 is 11.0 Å². The van der Waals surface area contributed by atoms with Crippen molar-refractivity contribution in [1.82, 2.24) is 0 Å². The summed E-state index contributed by atoms with van der Waals surface area (Å²) in [6.45, 7) is 1.89. The Hall–Kier alpha value is -2.00. The van der Waals surface area contributed by atoms with Crippen LogP contribution < -0.4 is 0 Å². The maximum atomic E-state index is 9.49. The summed E-state index contributed by atoms with van der Waals surface area (Å²) < 4.78 is 11.2. The molecule has 0 aliphatic carbocycles. The Labute approximate surface area is 98.3 Å². The van der Waals surface area contributed by atoms with Crippen LogP contribution in [0.2, 0.25) is 0 Å². The zero-order valence-corrected chi connectivity index (χ0v) is 9.43. The van der Waals surface area contributed by atoms with Crippen molar-refractivity contribution < 1.29 is 13.9 Å². The summed E-state index contributed by atoms with van der Waals surface area (Å²) in [4.78, 5) is 0. The Kier molecular flexibility index (Phi) is 2.27. The molecule has 0 atom stereocenters. The molecule has 0 radical (unpaired) electrons. The van der Waals surface area contributed by atoms with Crippen LogP contribution in [0.1, 0.15) is 11.1 Å². The molecule has 3 nitrogen and oxygen atoms in total. The molecule has 0 aliphatic rings. The minimum absolute atomic E-state index is 0.0630. The SMILES string of the molecule is Cc1ccoc1-c1oc2ccccc2c1CO. The van der Waals surface area contributed by atoms with Crippen LogP contribution in [0.4, 0.5) is 0 Å². The predicted molar refractivity (Wildman–Crippen MR) is 64.6 cm³/mol. The summed E-state index contributed by atoms with van der Waals surface area (Å²) in [5.41, 5.74) is 2.54. The van der Waals surface area contributed by atoms with Crippen LogP contribution in [0.5, 0.6) is 0 Å². The van der Waals surface area contributed by atoms with Gasteiger partial charge in [-0.05, 0) is 24.6 Å². The molecular formula is C14H12O3. The average Bonchev–Trinajstić information content (AvgIpc) is 2.91. The number of furan rings is 2. The summed E-state index contributed by atoms with van der Waals surface area (Å²) in [7, 11) is 0. The fourth-order valence-electron chi connectivity index (χ4n) is 2.04. The normalized spacial score (nSPS) is 11.2. The van der Waals surface area contributed by atoms with E-state index >= 15 is 0 Å². The van der Waals surface area contributed by atoms with E-state index in [-0.39, 0.29) is 6.61 Å². The first-order valence-electron chi connectivity index (χ1n) is 5.47. The molecule has 0 saturated carbocycles. The van der Waals surface area contributed by atoms with Gasteiger partial charge in [-0.1, -0.05) is 18.2 Å². The molecule has 0 fully saturated rings. The molecule has 0 amide bonds. The van der Waals surface area contributed by atoms with Crippen LogP contribution in [0.3, 0.4) is 0 Å². The average molecular weight is 228 g/mol. The van der Waals surface area contributed by atoms with E-state index in [1.807, 2.05) is 37.3 Å². The van der Waals surface area contributed by atoms with Crippen LogP contribution in [-0.4, -0.2) is 5.11 Å². The van der Waals surface area contributed by atoms with Gasteiger partial charge < -0.3 is 13.9 Å². The summed E-state index contributed by atoms with van der Waals surface area (Å²) in [5, 5.41) is 10.4. The Morgan fingerprint density at radius 2 is 1.94 bits per heavy atom. The fourth-order valence-corrected chi connectivity index (χ4v) is 2.04. The Morgan fingerprint density at radius 1 is 1.12 bits per heavy atom. The second-order valence-electron chi connectivity index (χ2n) is 4.00. The molecule has 3 aromatic rings. The van der Waals surface area contributed by atoms with Crippen molar-refractivity contribution in [1.29, 1.82) is 0 Å². The number of fused-ring (bicyclic) bond motifs is 1. The van der Waals surface area contributed by atoms with E-state index < -0.39 is 0 Å². The molecular weight excluding hydrogens is 216 g/mol. The number of aryl methyl sites for hydroxylation is 1. The zero-order valence-electron chi connectivity index (χ0n) is 9.43. The van der Waals surface area contributed by atoms with Gasteiger partial charge in [0.2, 0.25) is 0 Å². The molecule has 0 unspecified atom stereocenters. The minimum atomic E-state index is -0.0630. The number of aliphatic hydroxyl groups excluding tert-OH is 1. The van der Waals surface area contributed by atoms with Gasteiger partial charge >= 0.3 is 0 Å². The van der Waals surface area contributed by atoms with Gasteiger partial charge in [0.05, 0.1) is 12.9 Å². The second kappa shape index (κ2) is 3.79. The third-order valence-corrected chi connectivity index (χ3v) is 2.92. The highest BCUT2D eigenvalue weighted by Gasteiger charge is 2.18. The van der Waals surface area contributed by atoms with Crippen molar-refractivity contribution in [3.63, 3.8) is 0 Å². The maximum Gasteiger partial charge on any atom is 0.176 e. The lowest BCUT2D eigenvalue weighted by Crippen LogP contribution is -1.84. The van der Waals surface area contributed by atoms with E-state index in [2.05, 4.69) is 0 Å². The first kappa shape index (κ1) is 10.2. The summed E-state index contributed by atoms with van der Waals surface area (Å²) >= 11 is 0. The molecule has 0 bridgehead atoms. The third kappa shape index (κ3) is 1.47. The van der Waals surface area contributed by atoms with Crippen LogP contribution >= 0.6 is 0 Å². The maximum absolute atomic E-state index is 9.49. The summed E-state index contributed by atoms with van der Waals surface area (Å²) in [6, 6.07) is 9.54. The molecule has 2 heterocycles. The number of benzene rings is 1. The van der Waals surface area contributed by atoms with Crippen LogP contribution in [-0.2, 0) is 6.61 Å². The first-order valence-corrected chi connectivity index (χ1v) is 5.47. The van der Waals surface area contributed by atoms with Gasteiger partial charge in [0.25, 0.3) is 0 Å². The second-order valence-corrected chi connectivity index (χ2v) is 4.00. The Bertz CT molecular complexity index is 661. The standard InChI is InChI=1S/C14H12O3/c1-9-6-7-16-13(9)14-11(8-15)10-4-2-3-5-12(10)17-14/h2-7,15H,8H2,1H3. The van der Waals surface area contributed by atoms with Crippen LogP contribution in [0, 0.1) is 6.92 Å². The summed E-state index contributed by atoms with van der Waals surface area (Å²) in [6.07, 6.45) is 1.62. The van der Waals surface area contributed by atoms with E-state index in [1.165, 1.54) is 0 Å². The molecule has 17 heavy (non-hydrogen) atoms. The van der Waals surface area contributed by atoms with Gasteiger partial charge in [-0.25, -0.2) is 0 Å². The van der Waals surface area contributed by atoms with E-state index in [0.717, 1.165) is 22.1 Å². The Morgan fingerprint density at radius 3 is 2.65 bits per heavy atom. The topological polar surface area (TPSA) is 46.5 Å². The molecule has 1 aromatic carbocycles. The lowest BCUT2D eigenvalue weighted by Gasteiger charge is -1.97. The molecule has 86 valence electrons. The highest BCUT2D eigenvalue weighted by molar-refractivity contribution is 5.87. The third-order valence-electron chi connectivity index (χ3n) is 2.92. The first-order chi connectivity index (χ1) is 8.31. The van der Waals surface area contributed by atoms with Gasteiger partial charge in [0.1, 0.15) is 5.58 Å². The monoisotopic (exact) mass is 228 g/mol. The largest absolute Gasteiger partial charge is 0.461 e. The van der Waals surface area contributed by atoms with Crippen molar-refractivity contribution in [2.75, 3.05) is 0 Å². The van der Waals surface area contributed by atoms with Crippen molar-refractivity contribution in [2.45, 2.75) is 13.5 Å². The summed E-state index contributed by atoms with van der Waals surface area (Å²) in [5.74, 6) is 1.31. The smallest absolute Gasteiger partial charge is 0.176 e. The fraction of sp³-hybridized carbons (Fsp3) is 0.143. The Balaban J connectivity index is 2.33. The van der Waals surface area contributed by atoms with Crippen LogP contribution in [0.25, 0.3) is 22.5 Å². The number of hydrogen-bond donors (Lipinski definition) is 1. The van der Waals surface area contributed by atoms with Gasteiger partial charge in [-0.3, -0.25) is 0 Å². The molecule has 0 aliphatic heterocycles. The van der Waals surface area contributed by atoms with Crippen LogP contribution in [0.15, 0.2) is 45.4 Å². The van der Waals surface area contributed by atoms with E-state index in [9.17, 15) is 5.11 Å². The minimum Gasteiger partial charge on any atom is -0.461 e. The van der Waals surface area contributed by atoms with Crippen molar-refractivity contribution in [2.24, 2.45) is 0 Å². The van der Waals surface area contributed by atoms with Gasteiger partial charge in [-0.15, -0.1) is 0 Å². The van der Waals surface area contributed by atoms with Crippen molar-refractivity contribution in [3.05, 3.63) is 47.7 Å². The lowest BCUT2D eigenvalue weighted by molar-refractivity contribution is 0.282. The number of aliphatic hydroxyl groups is 1.